The highest BCUT2D eigenvalue weighted by Gasteiger charge is 2.37. The number of anilines is 3. The lowest BCUT2D eigenvalue weighted by Gasteiger charge is -2.37. The van der Waals surface area contributed by atoms with E-state index < -0.39 is 76.0 Å². The number of carbonyl (C=O) groups excluding carboxylic acids is 3. The van der Waals surface area contributed by atoms with E-state index in [2.05, 4.69) is 30.0 Å². The molecule has 7 rings (SSSR count). The SMILES string of the molecule is CCC(CC)OC(=O)[C@H](Cc1ccc(N2C(=O)N(C)c3cnccc3C2O)nc1)NC(=O)C1=C(F)C=C(NS(=O)(=O)c2ccc(-c3cnc(N4CCC4)nc3)cc2)C(F)C1. The van der Waals surface area contributed by atoms with Gasteiger partial charge in [0.1, 0.15) is 30.0 Å². The highest BCUT2D eigenvalue weighted by molar-refractivity contribution is 7.89. The maximum atomic E-state index is 15.6. The van der Waals surface area contributed by atoms with E-state index in [1.807, 2.05) is 18.7 Å². The molecule has 0 bridgehead atoms. The third kappa shape index (κ3) is 8.67. The Morgan fingerprint density at radius 1 is 0.983 bits per heavy atom. The molecule has 3 amide bonds. The third-order valence-corrected chi connectivity index (χ3v) is 12.0. The van der Waals surface area contributed by atoms with Crippen LogP contribution in [0.25, 0.3) is 11.1 Å². The zero-order valence-electron chi connectivity index (χ0n) is 33.0. The van der Waals surface area contributed by atoms with Crippen LogP contribution in [0.2, 0.25) is 0 Å². The Hall–Kier alpha value is -6.34. The predicted molar refractivity (Wildman–Crippen MR) is 216 cm³/mol. The van der Waals surface area contributed by atoms with Crippen molar-refractivity contribution in [1.82, 2.24) is 30.0 Å². The minimum absolute atomic E-state index is 0.0997. The summed E-state index contributed by atoms with van der Waals surface area (Å²) in [5, 5.41) is 13.5. The Balaban J connectivity index is 1.05. The molecule has 0 spiro atoms. The maximum absolute atomic E-state index is 15.6. The Labute approximate surface area is 345 Å². The first kappa shape index (κ1) is 41.8. The molecule has 16 nitrogen and oxygen atoms in total. The van der Waals surface area contributed by atoms with Crippen LogP contribution in [0.15, 0.2) is 102 Å². The number of ether oxygens (including phenoxy) is 1. The number of halogens is 2. The zero-order valence-corrected chi connectivity index (χ0v) is 33.8. The number of aromatic nitrogens is 4. The van der Waals surface area contributed by atoms with Crippen molar-refractivity contribution in [2.45, 2.75) is 75.4 Å². The average Bonchev–Trinajstić information content (AvgIpc) is 3.23. The Bertz CT molecular complexity index is 2430. The van der Waals surface area contributed by atoms with Gasteiger partial charge >= 0.3 is 12.0 Å². The Morgan fingerprint density at radius 3 is 2.33 bits per heavy atom. The maximum Gasteiger partial charge on any atom is 0.332 e. The Kier molecular flexibility index (Phi) is 12.2. The first-order valence-corrected chi connectivity index (χ1v) is 20.9. The van der Waals surface area contributed by atoms with Gasteiger partial charge in [0.2, 0.25) is 5.95 Å². The minimum atomic E-state index is -4.37. The molecule has 60 heavy (non-hydrogen) atoms. The van der Waals surface area contributed by atoms with Gasteiger partial charge in [-0.1, -0.05) is 32.0 Å². The topological polar surface area (TPSA) is 200 Å². The molecule has 2 unspecified atom stereocenters. The number of aliphatic hydroxyl groups excluding tert-OH is 1. The summed E-state index contributed by atoms with van der Waals surface area (Å²) in [6, 6.07) is 8.37. The van der Waals surface area contributed by atoms with Gasteiger partial charge in [-0.05, 0) is 60.7 Å². The molecule has 1 aliphatic carbocycles. The van der Waals surface area contributed by atoms with Crippen LogP contribution < -0.4 is 24.7 Å². The summed E-state index contributed by atoms with van der Waals surface area (Å²) in [5.41, 5.74) is 1.35. The molecule has 3 atom stereocenters. The lowest BCUT2D eigenvalue weighted by atomic mass is 9.98. The number of aliphatic hydroxyl groups is 1. The van der Waals surface area contributed by atoms with Crippen molar-refractivity contribution in [2.75, 3.05) is 34.8 Å². The lowest BCUT2D eigenvalue weighted by Crippen LogP contribution is -2.48. The average molecular weight is 844 g/mol. The second-order valence-electron chi connectivity index (χ2n) is 14.5. The van der Waals surface area contributed by atoms with Crippen molar-refractivity contribution in [1.29, 1.82) is 0 Å². The molecule has 4 aromatic rings. The molecule has 0 saturated carbocycles. The van der Waals surface area contributed by atoms with Crippen LogP contribution in [0.1, 0.15) is 56.9 Å². The molecule has 2 aliphatic heterocycles. The van der Waals surface area contributed by atoms with Gasteiger partial charge in [0, 0.05) is 68.9 Å². The Morgan fingerprint density at radius 2 is 1.70 bits per heavy atom. The highest BCUT2D eigenvalue weighted by atomic mass is 32.2. The summed E-state index contributed by atoms with van der Waals surface area (Å²) in [6.07, 6.45) is 5.26. The molecule has 3 N–H and O–H groups in total. The van der Waals surface area contributed by atoms with E-state index in [-0.39, 0.29) is 17.1 Å². The van der Waals surface area contributed by atoms with Crippen molar-refractivity contribution in [2.24, 2.45) is 0 Å². The number of nitrogens with zero attached hydrogens (tertiary/aromatic N) is 7. The van der Waals surface area contributed by atoms with Gasteiger partial charge in [-0.15, -0.1) is 0 Å². The minimum Gasteiger partial charge on any atom is -0.461 e. The van der Waals surface area contributed by atoms with Crippen molar-refractivity contribution in [3.05, 3.63) is 108 Å². The van der Waals surface area contributed by atoms with Crippen LogP contribution in [-0.4, -0.2) is 89.8 Å². The number of hydrogen-bond donors (Lipinski definition) is 3. The number of pyridine rings is 2. The number of rotatable bonds is 14. The lowest BCUT2D eigenvalue weighted by molar-refractivity contribution is -0.153. The van der Waals surface area contributed by atoms with Crippen LogP contribution in [0.5, 0.6) is 0 Å². The fraction of sp³-hybridized carbons (Fsp3) is 0.341. The van der Waals surface area contributed by atoms with Gasteiger partial charge in [-0.25, -0.2) is 46.6 Å². The number of alkyl halides is 1. The number of carbonyl (C=O) groups is 3. The summed E-state index contributed by atoms with van der Waals surface area (Å²) in [4.78, 5) is 61.5. The molecule has 1 aromatic carbocycles. The largest absolute Gasteiger partial charge is 0.461 e. The molecule has 1 fully saturated rings. The van der Waals surface area contributed by atoms with E-state index in [1.165, 1.54) is 48.7 Å². The number of benzene rings is 1. The van der Waals surface area contributed by atoms with Gasteiger partial charge in [0.15, 0.2) is 6.23 Å². The van der Waals surface area contributed by atoms with Crippen molar-refractivity contribution in [3.8, 4) is 11.1 Å². The van der Waals surface area contributed by atoms with E-state index in [1.54, 1.807) is 36.7 Å². The number of urea groups is 1. The number of esters is 1. The van der Waals surface area contributed by atoms with Crippen LogP contribution >= 0.6 is 0 Å². The van der Waals surface area contributed by atoms with E-state index in [0.717, 1.165) is 24.4 Å². The second-order valence-corrected chi connectivity index (χ2v) is 16.2. The van der Waals surface area contributed by atoms with Crippen molar-refractivity contribution >= 4 is 45.4 Å². The summed E-state index contributed by atoms with van der Waals surface area (Å²) in [6.45, 7) is 5.42. The van der Waals surface area contributed by atoms with E-state index in [4.69, 9.17) is 4.74 Å². The number of allylic oxidation sites excluding steroid dienone is 3. The quantitative estimate of drug-likeness (QED) is 0.147. The number of nitrogens with one attached hydrogen (secondary N) is 2. The summed E-state index contributed by atoms with van der Waals surface area (Å²) in [7, 11) is -2.84. The number of fused-ring (bicyclic) bond motifs is 1. The van der Waals surface area contributed by atoms with Gasteiger partial charge < -0.3 is 20.1 Å². The molecule has 1 saturated heterocycles. The first-order chi connectivity index (χ1) is 28.8. The normalized spacial score (nSPS) is 18.4. The first-order valence-electron chi connectivity index (χ1n) is 19.4. The van der Waals surface area contributed by atoms with Gasteiger partial charge in [-0.3, -0.25) is 19.4 Å². The smallest absolute Gasteiger partial charge is 0.332 e. The van der Waals surface area contributed by atoms with E-state index in [0.29, 0.717) is 52.8 Å². The summed E-state index contributed by atoms with van der Waals surface area (Å²) >= 11 is 0. The van der Waals surface area contributed by atoms with Crippen LogP contribution in [0.4, 0.5) is 31.0 Å². The number of sulfonamides is 1. The molecule has 0 radical (unpaired) electrons. The van der Waals surface area contributed by atoms with Gasteiger partial charge in [0.05, 0.1) is 28.0 Å². The molecular weight excluding hydrogens is 801 g/mol. The van der Waals surface area contributed by atoms with Crippen LogP contribution in [-0.2, 0) is 30.8 Å². The molecule has 5 heterocycles. The van der Waals surface area contributed by atoms with E-state index >= 15 is 8.78 Å². The van der Waals surface area contributed by atoms with Crippen molar-refractivity contribution in [3.63, 3.8) is 0 Å². The van der Waals surface area contributed by atoms with Crippen molar-refractivity contribution < 1.29 is 41.4 Å². The fourth-order valence-electron chi connectivity index (χ4n) is 6.87. The van der Waals surface area contributed by atoms with Crippen LogP contribution in [0.3, 0.4) is 0 Å². The monoisotopic (exact) mass is 843 g/mol. The van der Waals surface area contributed by atoms with Crippen LogP contribution in [0, 0.1) is 0 Å². The summed E-state index contributed by atoms with van der Waals surface area (Å²) < 4.78 is 65.4. The zero-order chi connectivity index (χ0) is 42.7. The molecule has 19 heteroatoms. The van der Waals surface area contributed by atoms with Gasteiger partial charge in [-0.2, -0.15) is 0 Å². The number of hydrogen-bond acceptors (Lipinski definition) is 12. The molecule has 314 valence electrons. The van der Waals surface area contributed by atoms with Gasteiger partial charge in [0.25, 0.3) is 15.9 Å². The molecular formula is C41H43F2N9O7S. The van der Waals surface area contributed by atoms with E-state index in [9.17, 15) is 27.9 Å². The third-order valence-electron chi connectivity index (χ3n) is 10.6. The molecule has 3 aliphatic rings. The second kappa shape index (κ2) is 17.5. The molecule has 3 aromatic heterocycles. The predicted octanol–water partition coefficient (Wildman–Crippen LogP) is 4.80. The standard InChI is InChI=1S/C41H43F2N9O7S/c1-4-27(5-2)59-39(55)34(17-24-7-12-36(45-20-24)52-38(54)29-13-14-44-23-35(29)50(3)41(52)56)48-37(53)30-18-32(43)33(19-31(30)42)49-60(57,58)28-10-8-25(9-11-28)26-21-46-40(47-22-26)51-15-6-16-51/h7-14,19-23,27,32,34,38,49,54H,4-6,15-18H2,1-3H3,(H,48,53)/t32?,34-,38?/m0/s1. The number of amides is 3. The fourth-order valence-corrected chi connectivity index (χ4v) is 7.98. The highest BCUT2D eigenvalue weighted by Crippen LogP contribution is 2.36. The summed E-state index contributed by atoms with van der Waals surface area (Å²) in [5.74, 6) is -2.40.